The van der Waals surface area contributed by atoms with Crippen LogP contribution >= 0.6 is 23.5 Å². The first-order chi connectivity index (χ1) is 13.5. The molecular weight excluding hydrogens is 408 g/mol. The van der Waals surface area contributed by atoms with Gasteiger partial charge in [-0.15, -0.1) is 11.8 Å². The summed E-state index contributed by atoms with van der Waals surface area (Å²) in [4.78, 5) is 32.7. The molecule has 2 heterocycles. The number of nitrogens with zero attached hydrogens (tertiary/aromatic N) is 2. The smallest absolute Gasteiger partial charge is 0.330 e. The lowest BCUT2D eigenvalue weighted by Crippen LogP contribution is -2.57. The number of hydrogen-bond donors (Lipinski definition) is 0. The molecule has 1 aromatic rings. The van der Waals surface area contributed by atoms with Gasteiger partial charge in [-0.2, -0.15) is 0 Å². The Balaban J connectivity index is 2.22. The molecule has 0 aromatic heterocycles. The minimum atomic E-state index is -0.818. The number of aliphatic imine (C=N–C) groups is 1. The highest BCUT2D eigenvalue weighted by Gasteiger charge is 2.68. The lowest BCUT2D eigenvalue weighted by Gasteiger charge is -2.44. The second-order valence-electron chi connectivity index (χ2n) is 8.65. The lowest BCUT2D eigenvalue weighted by molar-refractivity contribution is -0.147. The third-order valence-electron chi connectivity index (χ3n) is 5.11. The number of para-hydroxylation sites is 1. The number of esters is 2. The zero-order valence-corrected chi connectivity index (χ0v) is 19.5. The zero-order chi connectivity index (χ0) is 21.6. The summed E-state index contributed by atoms with van der Waals surface area (Å²) in [6.07, 6.45) is 0. The quantitative estimate of drug-likeness (QED) is 0.665. The molecule has 1 aromatic carbocycles. The van der Waals surface area contributed by atoms with Gasteiger partial charge in [-0.25, -0.2) is 4.79 Å². The van der Waals surface area contributed by atoms with E-state index in [1.54, 1.807) is 11.8 Å². The van der Waals surface area contributed by atoms with Crippen molar-refractivity contribution in [3.8, 4) is 0 Å². The van der Waals surface area contributed by atoms with Crippen LogP contribution in [-0.2, 0) is 19.1 Å². The fourth-order valence-electron chi connectivity index (χ4n) is 3.61. The second kappa shape index (κ2) is 7.54. The molecule has 0 N–H and O–H groups in total. The number of anilines is 1. The van der Waals surface area contributed by atoms with Gasteiger partial charge in [0.25, 0.3) is 0 Å². The molecule has 3 atom stereocenters. The Bertz CT molecular complexity index is 835. The Morgan fingerprint density at radius 1 is 1.07 bits per heavy atom. The SMILES string of the molecule is COC(=O)[C@H]1S[C@]2(SC(C(C)(C)C)=NC2(C)C)N(c2ccccc2)[C@H]1C(=O)OC. The molecule has 29 heavy (non-hydrogen) atoms. The Morgan fingerprint density at radius 3 is 2.14 bits per heavy atom. The van der Waals surface area contributed by atoms with Crippen LogP contribution in [-0.4, -0.2) is 52.2 Å². The zero-order valence-electron chi connectivity index (χ0n) is 17.9. The van der Waals surface area contributed by atoms with Gasteiger partial charge in [0, 0.05) is 11.1 Å². The van der Waals surface area contributed by atoms with Crippen molar-refractivity contribution in [3.05, 3.63) is 30.3 Å². The van der Waals surface area contributed by atoms with Crippen LogP contribution in [0.3, 0.4) is 0 Å². The number of thioether (sulfide) groups is 2. The number of benzene rings is 1. The Hall–Kier alpha value is -1.67. The number of ether oxygens (including phenoxy) is 2. The van der Waals surface area contributed by atoms with E-state index < -0.39 is 33.0 Å². The maximum absolute atomic E-state index is 12.9. The van der Waals surface area contributed by atoms with Crippen molar-refractivity contribution in [1.82, 2.24) is 0 Å². The van der Waals surface area contributed by atoms with E-state index in [2.05, 4.69) is 34.6 Å². The highest BCUT2D eigenvalue weighted by Crippen LogP contribution is 2.64. The first-order valence-corrected chi connectivity index (χ1v) is 11.2. The summed E-state index contributed by atoms with van der Waals surface area (Å²) in [5.74, 6) is -0.905. The summed E-state index contributed by atoms with van der Waals surface area (Å²) in [6.45, 7) is 10.5. The van der Waals surface area contributed by atoms with Gasteiger partial charge < -0.3 is 14.4 Å². The molecule has 0 aliphatic carbocycles. The number of rotatable bonds is 3. The molecule has 1 saturated heterocycles. The third kappa shape index (κ3) is 3.54. The molecule has 1 spiro atoms. The van der Waals surface area contributed by atoms with Crippen molar-refractivity contribution in [2.45, 2.75) is 55.7 Å². The van der Waals surface area contributed by atoms with E-state index in [4.69, 9.17) is 14.5 Å². The summed E-state index contributed by atoms with van der Waals surface area (Å²) in [6, 6.07) is 8.85. The summed E-state index contributed by atoms with van der Waals surface area (Å²) in [7, 11) is 2.69. The van der Waals surface area contributed by atoms with Crippen LogP contribution in [0.5, 0.6) is 0 Å². The molecule has 158 valence electrons. The predicted molar refractivity (Wildman–Crippen MR) is 119 cm³/mol. The van der Waals surface area contributed by atoms with Crippen LogP contribution in [0.2, 0.25) is 0 Å². The van der Waals surface area contributed by atoms with Crippen LogP contribution in [0.4, 0.5) is 5.69 Å². The molecule has 0 saturated carbocycles. The first-order valence-electron chi connectivity index (χ1n) is 9.46. The second-order valence-corrected chi connectivity index (χ2v) is 11.4. The van der Waals surface area contributed by atoms with Crippen LogP contribution in [0.25, 0.3) is 0 Å². The molecular formula is C21H28N2O4S2. The highest BCUT2D eigenvalue weighted by molar-refractivity contribution is 8.27. The summed E-state index contributed by atoms with van der Waals surface area (Å²) in [5, 5.41) is 0.263. The van der Waals surface area contributed by atoms with E-state index in [1.165, 1.54) is 26.0 Å². The van der Waals surface area contributed by atoms with Crippen molar-refractivity contribution < 1.29 is 19.1 Å². The topological polar surface area (TPSA) is 68.2 Å². The largest absolute Gasteiger partial charge is 0.468 e. The molecule has 1 fully saturated rings. The number of hydrogen-bond acceptors (Lipinski definition) is 8. The van der Waals surface area contributed by atoms with Crippen molar-refractivity contribution in [3.63, 3.8) is 0 Å². The average Bonchev–Trinajstić information content (AvgIpc) is 3.16. The molecule has 0 radical (unpaired) electrons. The summed E-state index contributed by atoms with van der Waals surface area (Å²) in [5.41, 5.74) is 0.113. The monoisotopic (exact) mass is 436 g/mol. The predicted octanol–water partition coefficient (Wildman–Crippen LogP) is 3.95. The maximum atomic E-state index is 12.9. The van der Waals surface area contributed by atoms with Crippen molar-refractivity contribution in [2.75, 3.05) is 19.1 Å². The van der Waals surface area contributed by atoms with Crippen LogP contribution in [0.1, 0.15) is 34.6 Å². The number of methoxy groups -OCH3 is 2. The van der Waals surface area contributed by atoms with Gasteiger partial charge >= 0.3 is 11.9 Å². The van der Waals surface area contributed by atoms with E-state index in [0.29, 0.717) is 0 Å². The van der Waals surface area contributed by atoms with Crippen LogP contribution < -0.4 is 4.90 Å². The summed E-state index contributed by atoms with van der Waals surface area (Å²) >= 11 is 3.06. The van der Waals surface area contributed by atoms with Crippen molar-refractivity contribution in [2.24, 2.45) is 10.4 Å². The van der Waals surface area contributed by atoms with Crippen molar-refractivity contribution in [1.29, 1.82) is 0 Å². The van der Waals surface area contributed by atoms with Gasteiger partial charge in [0.2, 0.25) is 0 Å². The van der Waals surface area contributed by atoms with Gasteiger partial charge in [0.15, 0.2) is 10.2 Å². The molecule has 0 bridgehead atoms. The Morgan fingerprint density at radius 2 is 1.66 bits per heavy atom. The van der Waals surface area contributed by atoms with Crippen molar-refractivity contribution >= 4 is 46.2 Å². The number of carbonyl (C=O) groups excluding carboxylic acids is 2. The number of carbonyl (C=O) groups is 2. The molecule has 0 amide bonds. The molecule has 2 aliphatic heterocycles. The van der Waals surface area contributed by atoms with E-state index in [1.807, 2.05) is 35.2 Å². The molecule has 3 rings (SSSR count). The molecule has 0 unspecified atom stereocenters. The lowest BCUT2D eigenvalue weighted by atomic mass is 9.97. The molecule has 8 heteroatoms. The standard InChI is InChI=1S/C21H28N2O4S2/c1-19(2,3)18-22-20(4,5)21(29-18)23(13-11-9-8-10-12-13)14(16(24)26-6)15(28-21)17(25)27-7/h8-12,14-15H,1-7H3/t14-,15+,21-/m1/s1. The Kier molecular flexibility index (Phi) is 5.73. The first kappa shape index (κ1) is 22.0. The van der Waals surface area contributed by atoms with E-state index >= 15 is 0 Å². The van der Waals surface area contributed by atoms with Gasteiger partial charge in [-0.05, 0) is 26.0 Å². The minimum absolute atomic E-state index is 0.154. The average molecular weight is 437 g/mol. The van der Waals surface area contributed by atoms with Gasteiger partial charge in [-0.3, -0.25) is 9.79 Å². The fraction of sp³-hybridized carbons (Fsp3) is 0.571. The van der Waals surface area contributed by atoms with Gasteiger partial charge in [0.1, 0.15) is 5.25 Å². The van der Waals surface area contributed by atoms with Crippen LogP contribution in [0.15, 0.2) is 35.3 Å². The van der Waals surface area contributed by atoms with E-state index in [9.17, 15) is 9.59 Å². The van der Waals surface area contributed by atoms with E-state index in [0.717, 1.165) is 10.7 Å². The highest BCUT2D eigenvalue weighted by atomic mass is 32.2. The van der Waals surface area contributed by atoms with Crippen LogP contribution in [0, 0.1) is 5.41 Å². The normalized spacial score (nSPS) is 28.4. The fourth-order valence-corrected chi connectivity index (χ4v) is 7.37. The van der Waals surface area contributed by atoms with Gasteiger partial charge in [-0.1, -0.05) is 50.7 Å². The molecule has 6 nitrogen and oxygen atoms in total. The van der Waals surface area contributed by atoms with E-state index in [-0.39, 0.29) is 5.41 Å². The summed E-state index contributed by atoms with van der Waals surface area (Å²) < 4.78 is 9.50. The maximum Gasteiger partial charge on any atom is 0.330 e. The molecule has 2 aliphatic rings. The third-order valence-corrected chi connectivity index (χ3v) is 9.24. The van der Waals surface area contributed by atoms with Gasteiger partial charge in [0.05, 0.1) is 24.8 Å². The Labute approximate surface area is 180 Å². The minimum Gasteiger partial charge on any atom is -0.468 e.